The van der Waals surface area contributed by atoms with Crippen molar-refractivity contribution in [2.75, 3.05) is 18.4 Å². The van der Waals surface area contributed by atoms with Gasteiger partial charge in [0.2, 0.25) is 0 Å². The first-order valence-electron chi connectivity index (χ1n) is 11.3. The van der Waals surface area contributed by atoms with E-state index in [9.17, 15) is 13.6 Å². The van der Waals surface area contributed by atoms with Gasteiger partial charge in [0.05, 0.1) is 23.0 Å². The number of anilines is 1. The number of allylic oxidation sites excluding steroid dienone is 2. The Morgan fingerprint density at radius 1 is 1.26 bits per heavy atom. The number of hydrogen-bond acceptors (Lipinski definition) is 6. The number of carbonyl (C=O) groups excluding carboxylic acids is 1. The molecule has 3 N–H and O–H groups in total. The molecule has 3 heterocycles. The zero-order chi connectivity index (χ0) is 24.8. The molecule has 1 aromatic carbocycles. The fourth-order valence-corrected chi connectivity index (χ4v) is 3.71. The van der Waals surface area contributed by atoms with Crippen molar-refractivity contribution in [2.24, 2.45) is 4.99 Å². The lowest BCUT2D eigenvalue weighted by Crippen LogP contribution is -2.48. The van der Waals surface area contributed by atoms with Gasteiger partial charge in [-0.05, 0) is 68.4 Å². The van der Waals surface area contributed by atoms with Crippen LogP contribution >= 0.6 is 0 Å². The lowest BCUT2D eigenvalue weighted by molar-refractivity contribution is 0.102. The van der Waals surface area contributed by atoms with E-state index >= 15 is 0 Å². The third-order valence-electron chi connectivity index (χ3n) is 5.63. The highest BCUT2D eigenvalue weighted by atomic mass is 19.1. The van der Waals surface area contributed by atoms with Crippen LogP contribution in [0.4, 0.5) is 14.6 Å². The summed E-state index contributed by atoms with van der Waals surface area (Å²) in [5, 5.41) is 9.69. The maximum Gasteiger partial charge on any atom is 0.256 e. The van der Waals surface area contributed by atoms with Crippen molar-refractivity contribution in [2.45, 2.75) is 25.6 Å². The Morgan fingerprint density at radius 2 is 2.06 bits per heavy atom. The van der Waals surface area contributed by atoms with Gasteiger partial charge in [-0.25, -0.2) is 23.7 Å². The minimum absolute atomic E-state index is 0.310. The molecule has 1 unspecified atom stereocenters. The van der Waals surface area contributed by atoms with E-state index in [-0.39, 0.29) is 6.04 Å². The molecule has 3 aromatic rings. The Kier molecular flexibility index (Phi) is 7.57. The summed E-state index contributed by atoms with van der Waals surface area (Å²) in [5.74, 6) is 0.0233. The summed E-state index contributed by atoms with van der Waals surface area (Å²) in [7, 11) is 0. The second kappa shape index (κ2) is 11.0. The molecular formula is C26H26F2N6O. The minimum Gasteiger partial charge on any atom is -0.365 e. The van der Waals surface area contributed by atoms with E-state index in [1.165, 1.54) is 24.3 Å². The molecule has 2 atom stereocenters. The van der Waals surface area contributed by atoms with Crippen molar-refractivity contribution >= 4 is 28.3 Å². The molecule has 0 bridgehead atoms. The molecule has 0 aliphatic carbocycles. The highest BCUT2D eigenvalue weighted by Gasteiger charge is 2.24. The Bertz CT molecular complexity index is 1290. The van der Waals surface area contributed by atoms with E-state index in [0.29, 0.717) is 47.1 Å². The van der Waals surface area contributed by atoms with E-state index in [4.69, 9.17) is 0 Å². The summed E-state index contributed by atoms with van der Waals surface area (Å²) >= 11 is 0. The average Bonchev–Trinajstić information content (AvgIpc) is 2.87. The molecule has 1 saturated heterocycles. The first-order chi connectivity index (χ1) is 17.0. The van der Waals surface area contributed by atoms with Gasteiger partial charge in [0.25, 0.3) is 5.91 Å². The number of aromatic nitrogens is 2. The Morgan fingerprint density at radius 3 is 2.77 bits per heavy atom. The smallest absolute Gasteiger partial charge is 0.256 e. The maximum absolute atomic E-state index is 14.2. The minimum atomic E-state index is -1.00. The van der Waals surface area contributed by atoms with Gasteiger partial charge in [-0.15, -0.1) is 0 Å². The first-order valence-corrected chi connectivity index (χ1v) is 11.3. The highest BCUT2D eigenvalue weighted by molar-refractivity contribution is 6.08. The monoisotopic (exact) mass is 476 g/mol. The molecule has 1 fully saturated rings. The number of pyridine rings is 2. The summed E-state index contributed by atoms with van der Waals surface area (Å²) in [6.45, 7) is 6.74. The summed E-state index contributed by atoms with van der Waals surface area (Å²) < 4.78 is 27.4. The van der Waals surface area contributed by atoms with Gasteiger partial charge in [-0.2, -0.15) is 0 Å². The molecule has 0 radical (unpaired) electrons. The van der Waals surface area contributed by atoms with Crippen molar-refractivity contribution in [3.63, 3.8) is 0 Å². The second-order valence-electron chi connectivity index (χ2n) is 8.05. The van der Waals surface area contributed by atoms with Crippen LogP contribution in [-0.2, 0) is 0 Å². The number of aliphatic imine (C=N–C) groups is 1. The number of halogens is 2. The summed E-state index contributed by atoms with van der Waals surface area (Å²) in [4.78, 5) is 26.0. The molecule has 180 valence electrons. The lowest BCUT2D eigenvalue weighted by Gasteiger charge is -2.28. The van der Waals surface area contributed by atoms with E-state index in [2.05, 4.69) is 37.5 Å². The number of alkyl halides is 1. The van der Waals surface area contributed by atoms with Crippen LogP contribution in [0, 0.1) is 5.82 Å². The van der Waals surface area contributed by atoms with Crippen molar-refractivity contribution in [3.8, 4) is 0 Å². The maximum atomic E-state index is 14.2. The summed E-state index contributed by atoms with van der Waals surface area (Å²) in [6.07, 6.45) is 4.63. The molecule has 35 heavy (non-hydrogen) atoms. The Balaban J connectivity index is 1.56. The van der Waals surface area contributed by atoms with E-state index < -0.39 is 17.9 Å². The summed E-state index contributed by atoms with van der Waals surface area (Å²) in [6, 6.07) is 10.2. The molecular weight excluding hydrogens is 450 g/mol. The third kappa shape index (κ3) is 5.93. The number of amides is 1. The van der Waals surface area contributed by atoms with Crippen LogP contribution in [0.15, 0.2) is 78.2 Å². The predicted molar refractivity (Wildman–Crippen MR) is 134 cm³/mol. The SMILES string of the molecule is C=C/C(=N\C(=C/C)NC1CCNC[C@@H]1F)c1ccc2cnc(NC(=O)c3ccc(F)cc3)cc2n1. The van der Waals surface area contributed by atoms with Crippen LogP contribution in [0.3, 0.4) is 0 Å². The highest BCUT2D eigenvalue weighted by Crippen LogP contribution is 2.18. The number of hydrogen-bond donors (Lipinski definition) is 3. The quantitative estimate of drug-likeness (QED) is 0.446. The fourth-order valence-electron chi connectivity index (χ4n) is 3.71. The number of rotatable bonds is 7. The van der Waals surface area contributed by atoms with E-state index in [1.54, 1.807) is 30.5 Å². The van der Waals surface area contributed by atoms with Gasteiger partial charge in [0, 0.05) is 29.8 Å². The number of piperidine rings is 1. The van der Waals surface area contributed by atoms with Gasteiger partial charge in [-0.3, -0.25) is 4.79 Å². The predicted octanol–water partition coefficient (Wildman–Crippen LogP) is 4.15. The average molecular weight is 477 g/mol. The molecule has 2 aromatic heterocycles. The molecule has 0 saturated carbocycles. The van der Waals surface area contributed by atoms with Crippen molar-refractivity contribution in [1.82, 2.24) is 20.6 Å². The van der Waals surface area contributed by atoms with Gasteiger partial charge in [0.1, 0.15) is 23.6 Å². The van der Waals surface area contributed by atoms with Crippen molar-refractivity contribution in [1.29, 1.82) is 0 Å². The third-order valence-corrected chi connectivity index (χ3v) is 5.63. The van der Waals surface area contributed by atoms with Crippen molar-refractivity contribution < 1.29 is 13.6 Å². The lowest BCUT2D eigenvalue weighted by atomic mass is 10.1. The van der Waals surface area contributed by atoms with Gasteiger partial charge in [0.15, 0.2) is 0 Å². The van der Waals surface area contributed by atoms with E-state index in [0.717, 1.165) is 11.9 Å². The second-order valence-corrected chi connectivity index (χ2v) is 8.05. The summed E-state index contributed by atoms with van der Waals surface area (Å²) in [5.41, 5.74) is 1.99. The molecule has 9 heteroatoms. The van der Waals surface area contributed by atoms with Crippen LogP contribution in [0.5, 0.6) is 0 Å². The zero-order valence-corrected chi connectivity index (χ0v) is 19.3. The Labute approximate surface area is 202 Å². The van der Waals surface area contributed by atoms with Gasteiger partial charge in [-0.1, -0.05) is 6.58 Å². The number of carbonyl (C=O) groups is 1. The Hall–Kier alpha value is -3.98. The van der Waals surface area contributed by atoms with Crippen molar-refractivity contribution in [3.05, 3.63) is 90.3 Å². The van der Waals surface area contributed by atoms with Crippen LogP contribution in [0.25, 0.3) is 10.9 Å². The molecule has 4 rings (SSSR count). The number of fused-ring (bicyclic) bond motifs is 1. The van der Waals surface area contributed by atoms with E-state index in [1.807, 2.05) is 13.0 Å². The standard InChI is InChI=1S/C26H26F2N6O/c1-3-20(32-24(4-2)33-21-11-12-29-15-19(21)28)22-10-7-17-14-30-25(13-23(17)31-22)34-26(35)16-5-8-18(27)9-6-16/h3-10,13-14,19,21,29,33H,1,11-12,15H2,2H3,(H,30,34,35)/b24-4+,32-20+/t19-,21?/m0/s1. The first kappa shape index (κ1) is 24.2. The molecule has 7 nitrogen and oxygen atoms in total. The molecule has 0 spiro atoms. The van der Waals surface area contributed by atoms with Crippen LogP contribution in [0.1, 0.15) is 29.4 Å². The topological polar surface area (TPSA) is 91.3 Å². The molecule has 1 amide bonds. The van der Waals surface area contributed by atoms with Gasteiger partial charge < -0.3 is 16.0 Å². The largest absolute Gasteiger partial charge is 0.365 e. The normalized spacial score (nSPS) is 18.8. The van der Waals surface area contributed by atoms with Gasteiger partial charge >= 0.3 is 0 Å². The van der Waals surface area contributed by atoms with Crippen LogP contribution < -0.4 is 16.0 Å². The number of nitrogens with zero attached hydrogens (tertiary/aromatic N) is 3. The molecule has 1 aliphatic heterocycles. The number of nitrogens with one attached hydrogen (secondary N) is 3. The number of benzene rings is 1. The zero-order valence-electron chi connectivity index (χ0n) is 19.3. The fraction of sp³-hybridized carbons (Fsp3) is 0.231. The van der Waals surface area contributed by atoms with Crippen LogP contribution in [0.2, 0.25) is 0 Å². The molecule has 1 aliphatic rings. The van der Waals surface area contributed by atoms with Crippen LogP contribution in [-0.4, -0.2) is 46.9 Å².